The van der Waals surface area contributed by atoms with E-state index in [1.807, 2.05) is 36.4 Å². The Morgan fingerprint density at radius 3 is 2.62 bits per heavy atom. The van der Waals surface area contributed by atoms with Crippen molar-refractivity contribution in [3.8, 4) is 10.4 Å². The van der Waals surface area contributed by atoms with Gasteiger partial charge < -0.3 is 15.8 Å². The van der Waals surface area contributed by atoms with Crippen molar-refractivity contribution < 1.29 is 14.3 Å². The van der Waals surface area contributed by atoms with Crippen LogP contribution in [0.5, 0.6) is 0 Å². The van der Waals surface area contributed by atoms with Gasteiger partial charge in [-0.2, -0.15) is 0 Å². The number of hydrogen-bond donors (Lipinski definition) is 2. The summed E-state index contributed by atoms with van der Waals surface area (Å²) in [5.74, 6) is -0.688. The van der Waals surface area contributed by atoms with Gasteiger partial charge >= 0.3 is 0 Å². The normalized spacial score (nSPS) is 14.5. The molecule has 0 bridgehead atoms. The number of ether oxygens (including phenoxy) is 1. The predicted molar refractivity (Wildman–Crippen MR) is 126 cm³/mol. The number of carbonyl (C=O) groups is 2. The second-order valence-electron chi connectivity index (χ2n) is 7.40. The van der Waals surface area contributed by atoms with E-state index < -0.39 is 5.91 Å². The fraction of sp³-hybridized carbons (Fsp3) is 0.208. The van der Waals surface area contributed by atoms with Crippen LogP contribution in [-0.4, -0.2) is 48.0 Å². The molecular formula is C24H24N4O3S. The van der Waals surface area contributed by atoms with Crippen LogP contribution in [0.1, 0.15) is 20.8 Å². The fourth-order valence-corrected chi connectivity index (χ4v) is 4.34. The molecule has 0 spiro atoms. The number of benzene rings is 1. The van der Waals surface area contributed by atoms with Crippen molar-refractivity contribution in [2.45, 2.75) is 6.54 Å². The molecule has 1 aliphatic heterocycles. The van der Waals surface area contributed by atoms with Gasteiger partial charge in [-0.15, -0.1) is 11.3 Å². The monoisotopic (exact) mass is 448 g/mol. The largest absolute Gasteiger partial charge is 0.379 e. The Bertz CT molecular complexity index is 1120. The maximum Gasteiger partial charge on any atom is 0.258 e. The molecule has 2 aromatic heterocycles. The molecule has 0 radical (unpaired) electrons. The maximum atomic E-state index is 12.4. The summed E-state index contributed by atoms with van der Waals surface area (Å²) in [5.41, 5.74) is 8.96. The van der Waals surface area contributed by atoms with Gasteiger partial charge in [-0.05, 0) is 42.0 Å². The molecule has 3 N–H and O–H groups in total. The third-order valence-corrected chi connectivity index (χ3v) is 6.24. The number of nitrogens with one attached hydrogen (secondary N) is 1. The number of nitrogens with zero attached hydrogens (tertiary/aromatic N) is 2. The Morgan fingerprint density at radius 2 is 1.91 bits per heavy atom. The molecule has 1 aromatic carbocycles. The van der Waals surface area contributed by atoms with E-state index >= 15 is 0 Å². The summed E-state index contributed by atoms with van der Waals surface area (Å²) in [5, 5.41) is 2.88. The topological polar surface area (TPSA) is 97.6 Å². The second-order valence-corrected chi connectivity index (χ2v) is 8.48. The van der Waals surface area contributed by atoms with Gasteiger partial charge in [0.05, 0.1) is 18.1 Å². The molecule has 8 heteroatoms. The van der Waals surface area contributed by atoms with Gasteiger partial charge in [0.1, 0.15) is 0 Å². The van der Waals surface area contributed by atoms with Crippen LogP contribution in [0.25, 0.3) is 16.5 Å². The number of rotatable bonds is 7. The highest BCUT2D eigenvalue weighted by atomic mass is 32.1. The first-order valence-electron chi connectivity index (χ1n) is 10.3. The van der Waals surface area contributed by atoms with Gasteiger partial charge in [-0.1, -0.05) is 12.1 Å². The molecule has 164 valence electrons. The van der Waals surface area contributed by atoms with Gasteiger partial charge in [-0.25, -0.2) is 0 Å². The molecule has 2 amide bonds. The highest BCUT2D eigenvalue weighted by Crippen LogP contribution is 2.30. The molecule has 1 fully saturated rings. The lowest BCUT2D eigenvalue weighted by molar-refractivity contribution is -0.111. The van der Waals surface area contributed by atoms with Crippen LogP contribution in [0.3, 0.4) is 0 Å². The quantitative estimate of drug-likeness (QED) is 0.540. The van der Waals surface area contributed by atoms with Gasteiger partial charge in [0.25, 0.3) is 5.91 Å². The molecule has 3 heterocycles. The van der Waals surface area contributed by atoms with Crippen LogP contribution in [0.4, 0.5) is 5.69 Å². The number of carbonyl (C=O) groups excluding carboxylic acids is 2. The number of hydrogen-bond acceptors (Lipinski definition) is 6. The average Bonchev–Trinajstić information content (AvgIpc) is 3.31. The van der Waals surface area contributed by atoms with E-state index in [4.69, 9.17) is 10.5 Å². The maximum absolute atomic E-state index is 12.4. The summed E-state index contributed by atoms with van der Waals surface area (Å²) in [6.07, 6.45) is 6.55. The highest BCUT2D eigenvalue weighted by molar-refractivity contribution is 7.17. The Kier molecular flexibility index (Phi) is 7.06. The van der Waals surface area contributed by atoms with E-state index in [9.17, 15) is 9.59 Å². The first-order valence-corrected chi connectivity index (χ1v) is 11.1. The number of nitrogens with two attached hydrogens (primary N) is 1. The molecule has 1 saturated heterocycles. The Labute approximate surface area is 190 Å². The molecule has 1 aliphatic rings. The summed E-state index contributed by atoms with van der Waals surface area (Å²) in [6.45, 7) is 4.31. The van der Waals surface area contributed by atoms with Crippen LogP contribution in [0.2, 0.25) is 0 Å². The number of amides is 2. The number of morpholine rings is 1. The predicted octanol–water partition coefficient (Wildman–Crippen LogP) is 3.39. The zero-order valence-electron chi connectivity index (χ0n) is 17.5. The van der Waals surface area contributed by atoms with Crippen molar-refractivity contribution in [2.24, 2.45) is 5.73 Å². The highest BCUT2D eigenvalue weighted by Gasteiger charge is 2.11. The Balaban J connectivity index is 1.39. The minimum atomic E-state index is -0.456. The molecule has 0 unspecified atom stereocenters. The van der Waals surface area contributed by atoms with Crippen molar-refractivity contribution in [3.63, 3.8) is 0 Å². The van der Waals surface area contributed by atoms with Crippen LogP contribution < -0.4 is 11.1 Å². The SMILES string of the molecule is NC(=O)c1ccc(-c2ccncc2C=CC(=O)Nc2ccc(CN3CCOCC3)cc2)s1. The number of primary amides is 1. The zero-order chi connectivity index (χ0) is 22.3. The first kappa shape index (κ1) is 21.9. The van der Waals surface area contributed by atoms with Gasteiger partial charge in [0, 0.05) is 59.8 Å². The summed E-state index contributed by atoms with van der Waals surface area (Å²) in [4.78, 5) is 31.7. The minimum absolute atomic E-state index is 0.232. The van der Waals surface area contributed by atoms with E-state index in [-0.39, 0.29) is 5.91 Å². The molecular weight excluding hydrogens is 424 g/mol. The minimum Gasteiger partial charge on any atom is -0.379 e. The molecule has 7 nitrogen and oxygen atoms in total. The average molecular weight is 449 g/mol. The van der Waals surface area contributed by atoms with E-state index in [0.29, 0.717) is 4.88 Å². The summed E-state index contributed by atoms with van der Waals surface area (Å²) in [7, 11) is 0. The number of aromatic nitrogens is 1. The Morgan fingerprint density at radius 1 is 1.12 bits per heavy atom. The third-order valence-electron chi connectivity index (χ3n) is 5.11. The lowest BCUT2D eigenvalue weighted by Gasteiger charge is -2.26. The lowest BCUT2D eigenvalue weighted by atomic mass is 10.1. The van der Waals surface area contributed by atoms with Crippen LogP contribution in [0.15, 0.2) is 60.9 Å². The summed E-state index contributed by atoms with van der Waals surface area (Å²) in [6, 6.07) is 13.3. The van der Waals surface area contributed by atoms with E-state index in [0.717, 1.165) is 54.5 Å². The summed E-state index contributed by atoms with van der Waals surface area (Å²) < 4.78 is 5.38. The molecule has 32 heavy (non-hydrogen) atoms. The molecule has 0 saturated carbocycles. The third kappa shape index (κ3) is 5.67. The van der Waals surface area contributed by atoms with E-state index in [1.54, 1.807) is 24.5 Å². The number of anilines is 1. The van der Waals surface area contributed by atoms with Crippen LogP contribution in [-0.2, 0) is 16.1 Å². The molecule has 0 aliphatic carbocycles. The first-order chi connectivity index (χ1) is 15.6. The van der Waals surface area contributed by atoms with Crippen LogP contribution in [0, 0.1) is 0 Å². The van der Waals surface area contributed by atoms with E-state index in [1.165, 1.54) is 23.0 Å². The second kappa shape index (κ2) is 10.3. The van der Waals surface area contributed by atoms with Gasteiger partial charge in [0.15, 0.2) is 0 Å². The number of thiophene rings is 1. The summed E-state index contributed by atoms with van der Waals surface area (Å²) >= 11 is 1.31. The molecule has 0 atom stereocenters. The van der Waals surface area contributed by atoms with Crippen molar-refractivity contribution >= 4 is 34.9 Å². The molecule has 4 rings (SSSR count). The van der Waals surface area contributed by atoms with Crippen LogP contribution >= 0.6 is 11.3 Å². The standard InChI is InChI=1S/C24H24N4O3S/c25-24(30)22-7-6-21(32-22)20-9-10-26-15-18(20)3-8-23(29)27-19-4-1-17(2-5-19)16-28-11-13-31-14-12-28/h1-10,15H,11-14,16H2,(H2,25,30)(H,27,29). The lowest BCUT2D eigenvalue weighted by Crippen LogP contribution is -2.35. The number of pyridine rings is 1. The van der Waals surface area contributed by atoms with Crippen molar-refractivity contribution in [2.75, 3.05) is 31.6 Å². The van der Waals surface area contributed by atoms with E-state index in [2.05, 4.69) is 15.2 Å². The zero-order valence-corrected chi connectivity index (χ0v) is 18.3. The molecule has 3 aromatic rings. The Hall–Kier alpha value is -3.33. The van der Waals surface area contributed by atoms with Crippen molar-refractivity contribution in [1.82, 2.24) is 9.88 Å². The van der Waals surface area contributed by atoms with Gasteiger partial charge in [-0.3, -0.25) is 19.5 Å². The van der Waals surface area contributed by atoms with Crippen molar-refractivity contribution in [1.29, 1.82) is 0 Å². The smallest absolute Gasteiger partial charge is 0.258 e. The van der Waals surface area contributed by atoms with Crippen molar-refractivity contribution in [3.05, 3.63) is 76.9 Å². The fourth-order valence-electron chi connectivity index (χ4n) is 3.44. The van der Waals surface area contributed by atoms with Gasteiger partial charge in [0.2, 0.25) is 5.91 Å².